The van der Waals surface area contributed by atoms with Gasteiger partial charge in [0.05, 0.1) is 11.7 Å². The van der Waals surface area contributed by atoms with Crippen molar-refractivity contribution < 1.29 is 4.79 Å². The Bertz CT molecular complexity index is 1000. The van der Waals surface area contributed by atoms with E-state index >= 15 is 0 Å². The van der Waals surface area contributed by atoms with Gasteiger partial charge in [0.15, 0.2) is 0 Å². The lowest BCUT2D eigenvalue weighted by Gasteiger charge is -2.17. The van der Waals surface area contributed by atoms with Gasteiger partial charge in [0, 0.05) is 28.9 Å². The molecule has 0 aliphatic heterocycles. The second-order valence-electron chi connectivity index (χ2n) is 6.06. The summed E-state index contributed by atoms with van der Waals surface area (Å²) in [5, 5.41) is 6.30. The zero-order valence-electron chi connectivity index (χ0n) is 14.4. The van der Waals surface area contributed by atoms with Crippen molar-refractivity contribution in [2.75, 3.05) is 0 Å². The number of nitrogens with zero attached hydrogens (tertiary/aromatic N) is 2. The third-order valence-corrected chi connectivity index (χ3v) is 6.37. The molecule has 4 nitrogen and oxygen atoms in total. The number of nitrogens with one attached hydrogen (secondary N) is 1. The largest absolute Gasteiger partial charge is 0.344 e. The molecule has 0 aromatic carbocycles. The molecule has 26 heavy (non-hydrogen) atoms. The van der Waals surface area contributed by atoms with E-state index in [1.807, 2.05) is 47.3 Å². The number of amides is 1. The van der Waals surface area contributed by atoms with E-state index in [0.717, 1.165) is 28.7 Å². The van der Waals surface area contributed by atoms with Gasteiger partial charge in [-0.1, -0.05) is 19.4 Å². The molecule has 4 rings (SSSR count). The highest BCUT2D eigenvalue weighted by atomic mass is 32.1. The SMILES string of the molecule is CCC[C@H](NC(=O)c1sc2ncccc2c1-n1cccc1)c1cccs1. The lowest BCUT2D eigenvalue weighted by atomic mass is 10.1. The first-order chi connectivity index (χ1) is 12.8. The molecule has 4 aromatic rings. The zero-order valence-corrected chi connectivity index (χ0v) is 16.0. The van der Waals surface area contributed by atoms with Crippen molar-refractivity contribution in [1.29, 1.82) is 0 Å². The molecule has 0 aliphatic carbocycles. The van der Waals surface area contributed by atoms with Gasteiger partial charge in [-0.05, 0) is 42.1 Å². The van der Waals surface area contributed by atoms with Crippen LogP contribution >= 0.6 is 22.7 Å². The summed E-state index contributed by atoms with van der Waals surface area (Å²) in [4.78, 5) is 20.4. The van der Waals surface area contributed by atoms with Gasteiger partial charge in [0.1, 0.15) is 9.71 Å². The van der Waals surface area contributed by atoms with Gasteiger partial charge >= 0.3 is 0 Å². The van der Waals surface area contributed by atoms with Gasteiger partial charge in [-0.2, -0.15) is 0 Å². The average Bonchev–Trinajstić information content (AvgIpc) is 3.40. The monoisotopic (exact) mass is 381 g/mol. The number of hydrogen-bond acceptors (Lipinski definition) is 4. The summed E-state index contributed by atoms with van der Waals surface area (Å²) in [5.74, 6) is -0.0384. The molecule has 0 spiro atoms. The number of carbonyl (C=O) groups is 1. The first-order valence-corrected chi connectivity index (χ1v) is 10.3. The van der Waals surface area contributed by atoms with E-state index in [1.54, 1.807) is 17.5 Å². The van der Waals surface area contributed by atoms with E-state index in [-0.39, 0.29) is 11.9 Å². The van der Waals surface area contributed by atoms with Gasteiger partial charge < -0.3 is 9.88 Å². The van der Waals surface area contributed by atoms with E-state index in [0.29, 0.717) is 4.88 Å². The van der Waals surface area contributed by atoms with E-state index in [1.165, 1.54) is 16.2 Å². The van der Waals surface area contributed by atoms with Crippen molar-refractivity contribution in [2.24, 2.45) is 0 Å². The topological polar surface area (TPSA) is 46.9 Å². The molecule has 6 heteroatoms. The number of aromatic nitrogens is 2. The number of pyridine rings is 1. The highest BCUT2D eigenvalue weighted by Gasteiger charge is 2.23. The summed E-state index contributed by atoms with van der Waals surface area (Å²) in [5.41, 5.74) is 0.905. The van der Waals surface area contributed by atoms with Crippen molar-refractivity contribution in [3.8, 4) is 5.69 Å². The van der Waals surface area contributed by atoms with Crippen LogP contribution in [0.2, 0.25) is 0 Å². The van der Waals surface area contributed by atoms with Crippen molar-refractivity contribution in [1.82, 2.24) is 14.9 Å². The first kappa shape index (κ1) is 17.0. The smallest absolute Gasteiger partial charge is 0.264 e. The van der Waals surface area contributed by atoms with Crippen LogP contribution in [0.3, 0.4) is 0 Å². The summed E-state index contributed by atoms with van der Waals surface area (Å²) in [6, 6.07) is 12.0. The van der Waals surface area contributed by atoms with Crippen LogP contribution in [0.4, 0.5) is 0 Å². The highest BCUT2D eigenvalue weighted by molar-refractivity contribution is 7.21. The Labute approximate surface area is 160 Å². The van der Waals surface area contributed by atoms with Crippen LogP contribution in [0.5, 0.6) is 0 Å². The van der Waals surface area contributed by atoms with Crippen LogP contribution in [0.15, 0.2) is 60.4 Å². The predicted octanol–water partition coefficient (Wildman–Crippen LogP) is 5.42. The maximum atomic E-state index is 13.2. The van der Waals surface area contributed by atoms with E-state index in [9.17, 15) is 4.79 Å². The van der Waals surface area contributed by atoms with Crippen molar-refractivity contribution in [3.05, 3.63) is 70.1 Å². The van der Waals surface area contributed by atoms with Crippen LogP contribution in [-0.2, 0) is 0 Å². The van der Waals surface area contributed by atoms with E-state index in [4.69, 9.17) is 0 Å². The molecule has 1 amide bonds. The molecule has 0 fully saturated rings. The third kappa shape index (κ3) is 3.18. The quantitative estimate of drug-likeness (QED) is 0.485. The normalized spacial score (nSPS) is 12.3. The summed E-state index contributed by atoms with van der Waals surface area (Å²) < 4.78 is 2.00. The van der Waals surface area contributed by atoms with Crippen LogP contribution < -0.4 is 5.32 Å². The van der Waals surface area contributed by atoms with Crippen molar-refractivity contribution in [3.63, 3.8) is 0 Å². The number of carbonyl (C=O) groups excluding carboxylic acids is 1. The molecule has 0 unspecified atom stereocenters. The molecule has 132 valence electrons. The molecule has 0 saturated carbocycles. The Balaban J connectivity index is 1.74. The van der Waals surface area contributed by atoms with Crippen LogP contribution in [0.25, 0.3) is 15.9 Å². The standard InChI is InChI=1S/C20H19N3OS2/c1-2-7-15(16-9-6-13-25-16)22-19(24)18-17(23-11-3-4-12-23)14-8-5-10-21-20(14)26-18/h3-6,8-13,15H,2,7H2,1H3,(H,22,24)/t15-/m0/s1. The van der Waals surface area contributed by atoms with Gasteiger partial charge in [0.25, 0.3) is 5.91 Å². The molecule has 4 heterocycles. The first-order valence-electron chi connectivity index (χ1n) is 8.63. The second-order valence-corrected chi connectivity index (χ2v) is 8.03. The van der Waals surface area contributed by atoms with Gasteiger partial charge in [0.2, 0.25) is 0 Å². The van der Waals surface area contributed by atoms with Gasteiger partial charge in [-0.3, -0.25) is 4.79 Å². The lowest BCUT2D eigenvalue weighted by Crippen LogP contribution is -2.28. The molecule has 4 aromatic heterocycles. The van der Waals surface area contributed by atoms with Crippen molar-refractivity contribution >= 4 is 38.8 Å². The molecule has 1 N–H and O–H groups in total. The number of rotatable bonds is 6. The number of fused-ring (bicyclic) bond motifs is 1. The zero-order chi connectivity index (χ0) is 17.9. The molecule has 0 aliphatic rings. The maximum Gasteiger partial charge on any atom is 0.264 e. The molecule has 0 radical (unpaired) electrons. The molecule has 0 saturated heterocycles. The Morgan fingerprint density at radius 2 is 2.08 bits per heavy atom. The van der Waals surface area contributed by atoms with Crippen LogP contribution in [0, 0.1) is 0 Å². The minimum absolute atomic E-state index is 0.0384. The van der Waals surface area contributed by atoms with Crippen LogP contribution in [0.1, 0.15) is 40.4 Å². The average molecular weight is 382 g/mol. The highest BCUT2D eigenvalue weighted by Crippen LogP contribution is 2.34. The Kier molecular flexibility index (Phi) is 4.86. The van der Waals surface area contributed by atoms with Gasteiger partial charge in [-0.25, -0.2) is 4.98 Å². The minimum atomic E-state index is -0.0384. The van der Waals surface area contributed by atoms with E-state index < -0.39 is 0 Å². The summed E-state index contributed by atoms with van der Waals surface area (Å²) in [7, 11) is 0. The molecule has 1 atom stereocenters. The fourth-order valence-electron chi connectivity index (χ4n) is 3.10. The number of hydrogen-bond donors (Lipinski definition) is 1. The predicted molar refractivity (Wildman–Crippen MR) is 108 cm³/mol. The van der Waals surface area contributed by atoms with Gasteiger partial charge in [-0.15, -0.1) is 22.7 Å². The Morgan fingerprint density at radius 1 is 1.23 bits per heavy atom. The number of thiophene rings is 2. The summed E-state index contributed by atoms with van der Waals surface area (Å²) in [6.07, 6.45) is 7.64. The molecule has 0 bridgehead atoms. The molecular weight excluding hydrogens is 362 g/mol. The molecular formula is C20H19N3OS2. The van der Waals surface area contributed by atoms with Crippen LogP contribution in [-0.4, -0.2) is 15.5 Å². The Morgan fingerprint density at radius 3 is 2.81 bits per heavy atom. The minimum Gasteiger partial charge on any atom is -0.344 e. The fourth-order valence-corrected chi connectivity index (χ4v) is 4.96. The van der Waals surface area contributed by atoms with E-state index in [2.05, 4.69) is 28.7 Å². The van der Waals surface area contributed by atoms with Crippen molar-refractivity contribution in [2.45, 2.75) is 25.8 Å². The summed E-state index contributed by atoms with van der Waals surface area (Å²) in [6.45, 7) is 2.14. The Hall–Kier alpha value is -2.44. The fraction of sp³-hybridized carbons (Fsp3) is 0.200. The maximum absolute atomic E-state index is 13.2. The summed E-state index contributed by atoms with van der Waals surface area (Å²) >= 11 is 3.13. The lowest BCUT2D eigenvalue weighted by molar-refractivity contribution is 0.0939. The third-order valence-electron chi connectivity index (χ3n) is 4.28. The second kappa shape index (κ2) is 7.43.